The van der Waals surface area contributed by atoms with Crippen molar-refractivity contribution < 1.29 is 17.9 Å². The Balaban J connectivity index is 2.42. The van der Waals surface area contributed by atoms with Crippen molar-refractivity contribution in [3.8, 4) is 5.75 Å². The summed E-state index contributed by atoms with van der Waals surface area (Å²) in [5, 5.41) is 9.31. The number of phenolic OH excluding ortho intramolecular Hbond substituents is 1. The van der Waals surface area contributed by atoms with Crippen LogP contribution in [0.4, 0.5) is 10.1 Å². The summed E-state index contributed by atoms with van der Waals surface area (Å²) in [6.07, 6.45) is 0. The van der Waals surface area contributed by atoms with Gasteiger partial charge in [0.2, 0.25) is 0 Å². The number of hydrogen-bond donors (Lipinski definition) is 2. The zero-order valence-corrected chi connectivity index (χ0v) is 12.9. The van der Waals surface area contributed by atoms with E-state index in [0.29, 0.717) is 0 Å². The number of sulfonamides is 1. The summed E-state index contributed by atoms with van der Waals surface area (Å²) in [5.74, 6) is -1.37. The molecular weight excluding hydrogens is 317 g/mol. The molecule has 0 aliphatic heterocycles. The number of phenols is 1. The van der Waals surface area contributed by atoms with Gasteiger partial charge in [-0.1, -0.05) is 17.7 Å². The van der Waals surface area contributed by atoms with Gasteiger partial charge in [0.05, 0.1) is 15.6 Å². The van der Waals surface area contributed by atoms with Gasteiger partial charge >= 0.3 is 0 Å². The van der Waals surface area contributed by atoms with Crippen molar-refractivity contribution in [3.63, 3.8) is 0 Å². The Hall–Kier alpha value is -1.79. The molecule has 21 heavy (non-hydrogen) atoms. The maximum absolute atomic E-state index is 13.1. The summed E-state index contributed by atoms with van der Waals surface area (Å²) in [5.41, 5.74) is 1.60. The first-order valence-electron chi connectivity index (χ1n) is 5.99. The van der Waals surface area contributed by atoms with Crippen LogP contribution >= 0.6 is 11.6 Å². The topological polar surface area (TPSA) is 66.4 Å². The monoisotopic (exact) mass is 329 g/mol. The SMILES string of the molecule is Cc1ccc(S(=O)(=O)Nc2cc(Cl)c(F)cc2O)cc1C. The number of hydrogen-bond acceptors (Lipinski definition) is 3. The lowest BCUT2D eigenvalue weighted by molar-refractivity contribution is 0.471. The summed E-state index contributed by atoms with van der Waals surface area (Å²) >= 11 is 5.59. The van der Waals surface area contributed by atoms with Crippen LogP contribution < -0.4 is 4.72 Å². The van der Waals surface area contributed by atoms with Gasteiger partial charge in [0, 0.05) is 6.07 Å². The van der Waals surface area contributed by atoms with Crippen LogP contribution in [0.1, 0.15) is 11.1 Å². The van der Waals surface area contributed by atoms with Gasteiger partial charge < -0.3 is 5.11 Å². The minimum absolute atomic E-state index is 0.0467. The fraction of sp³-hybridized carbons (Fsp3) is 0.143. The van der Waals surface area contributed by atoms with Crippen LogP contribution in [0, 0.1) is 19.7 Å². The largest absolute Gasteiger partial charge is 0.506 e. The number of halogens is 2. The third-order valence-electron chi connectivity index (χ3n) is 3.07. The van der Waals surface area contributed by atoms with E-state index in [1.807, 2.05) is 6.92 Å². The molecule has 0 heterocycles. The molecule has 0 aliphatic carbocycles. The maximum Gasteiger partial charge on any atom is 0.262 e. The van der Waals surface area contributed by atoms with Gasteiger partial charge in [-0.3, -0.25) is 4.72 Å². The lowest BCUT2D eigenvalue weighted by atomic mass is 10.1. The molecule has 4 nitrogen and oxygen atoms in total. The summed E-state index contributed by atoms with van der Waals surface area (Å²) in [7, 11) is -3.90. The molecule has 0 fully saturated rings. The van der Waals surface area contributed by atoms with E-state index in [0.717, 1.165) is 23.3 Å². The van der Waals surface area contributed by atoms with E-state index in [-0.39, 0.29) is 15.6 Å². The first-order valence-corrected chi connectivity index (χ1v) is 7.85. The van der Waals surface area contributed by atoms with Gasteiger partial charge in [-0.15, -0.1) is 0 Å². The summed E-state index contributed by atoms with van der Waals surface area (Å²) in [6.45, 7) is 3.66. The molecule has 0 saturated carbocycles. The third-order valence-corrected chi connectivity index (χ3v) is 4.72. The molecule has 0 spiro atoms. The highest BCUT2D eigenvalue weighted by atomic mass is 35.5. The predicted molar refractivity (Wildman–Crippen MR) is 79.8 cm³/mol. The number of aromatic hydroxyl groups is 1. The molecule has 0 unspecified atom stereocenters. The van der Waals surface area contributed by atoms with E-state index in [2.05, 4.69) is 4.72 Å². The Kier molecular flexibility index (Phi) is 4.11. The van der Waals surface area contributed by atoms with Gasteiger partial charge in [0.1, 0.15) is 11.6 Å². The highest BCUT2D eigenvalue weighted by molar-refractivity contribution is 7.92. The summed E-state index contributed by atoms with van der Waals surface area (Å²) < 4.78 is 39.8. The standard InChI is InChI=1S/C14H13ClFNO3S/c1-8-3-4-10(5-9(8)2)21(19,20)17-13-6-11(15)12(16)7-14(13)18/h3-7,17-18H,1-2H3. The van der Waals surface area contributed by atoms with E-state index >= 15 is 0 Å². The van der Waals surface area contributed by atoms with Crippen LogP contribution in [0.15, 0.2) is 35.2 Å². The van der Waals surface area contributed by atoms with Crippen LogP contribution in [0.5, 0.6) is 5.75 Å². The average molecular weight is 330 g/mol. The van der Waals surface area contributed by atoms with Crippen LogP contribution in [-0.2, 0) is 10.0 Å². The first kappa shape index (κ1) is 15.6. The van der Waals surface area contributed by atoms with Crippen molar-refractivity contribution in [2.45, 2.75) is 18.7 Å². The number of rotatable bonds is 3. The average Bonchev–Trinajstić information content (AvgIpc) is 2.39. The van der Waals surface area contributed by atoms with E-state index in [1.165, 1.54) is 12.1 Å². The number of benzene rings is 2. The second kappa shape index (κ2) is 5.54. The maximum atomic E-state index is 13.1. The molecule has 2 N–H and O–H groups in total. The quantitative estimate of drug-likeness (QED) is 0.845. The van der Waals surface area contributed by atoms with Crippen molar-refractivity contribution in [2.24, 2.45) is 0 Å². The molecule has 0 radical (unpaired) electrons. The summed E-state index contributed by atoms with van der Waals surface area (Å²) in [6, 6.07) is 6.42. The van der Waals surface area contributed by atoms with Gasteiger partial charge in [-0.2, -0.15) is 0 Å². The van der Waals surface area contributed by atoms with Crippen molar-refractivity contribution in [1.29, 1.82) is 0 Å². The molecule has 0 amide bonds. The van der Waals surface area contributed by atoms with Crippen molar-refractivity contribution in [1.82, 2.24) is 0 Å². The molecule has 0 bridgehead atoms. The van der Waals surface area contributed by atoms with Crippen LogP contribution in [0.3, 0.4) is 0 Å². The minimum Gasteiger partial charge on any atom is -0.506 e. The van der Waals surface area contributed by atoms with Crippen molar-refractivity contribution >= 4 is 27.3 Å². The molecule has 0 saturated heterocycles. The second-order valence-corrected chi connectivity index (χ2v) is 6.72. The first-order chi connectivity index (χ1) is 9.70. The Morgan fingerprint density at radius 3 is 2.43 bits per heavy atom. The van der Waals surface area contributed by atoms with Crippen molar-refractivity contribution in [3.05, 3.63) is 52.3 Å². The second-order valence-electron chi connectivity index (χ2n) is 4.64. The van der Waals surface area contributed by atoms with Gasteiger partial charge in [0.25, 0.3) is 10.0 Å². The number of nitrogens with one attached hydrogen (secondary N) is 1. The minimum atomic E-state index is -3.90. The Morgan fingerprint density at radius 2 is 1.81 bits per heavy atom. The van der Waals surface area contributed by atoms with Gasteiger partial charge in [0.15, 0.2) is 0 Å². The zero-order chi connectivity index (χ0) is 15.8. The Labute approximate surface area is 127 Å². The fourth-order valence-electron chi connectivity index (χ4n) is 1.70. The van der Waals surface area contributed by atoms with Crippen LogP contribution in [0.25, 0.3) is 0 Å². The highest BCUT2D eigenvalue weighted by Crippen LogP contribution is 2.31. The van der Waals surface area contributed by atoms with Crippen LogP contribution in [0.2, 0.25) is 5.02 Å². The molecule has 2 aromatic rings. The zero-order valence-electron chi connectivity index (χ0n) is 11.3. The third kappa shape index (κ3) is 3.28. The van der Waals surface area contributed by atoms with Gasteiger partial charge in [-0.05, 0) is 43.2 Å². The van der Waals surface area contributed by atoms with E-state index < -0.39 is 21.6 Å². The fourth-order valence-corrected chi connectivity index (χ4v) is 3.02. The normalized spacial score (nSPS) is 11.4. The lowest BCUT2D eigenvalue weighted by Crippen LogP contribution is -2.13. The summed E-state index contributed by atoms with van der Waals surface area (Å²) in [4.78, 5) is 0.0467. The van der Waals surface area contributed by atoms with Crippen molar-refractivity contribution in [2.75, 3.05) is 4.72 Å². The smallest absolute Gasteiger partial charge is 0.262 e. The number of aryl methyl sites for hydroxylation is 2. The van der Waals surface area contributed by atoms with E-state index in [9.17, 15) is 17.9 Å². The molecule has 2 aromatic carbocycles. The lowest BCUT2D eigenvalue weighted by Gasteiger charge is -2.11. The molecular formula is C14H13ClFNO3S. The molecule has 112 valence electrons. The van der Waals surface area contributed by atoms with Gasteiger partial charge in [-0.25, -0.2) is 12.8 Å². The number of anilines is 1. The Morgan fingerprint density at radius 1 is 1.14 bits per heavy atom. The van der Waals surface area contributed by atoms with E-state index in [4.69, 9.17) is 11.6 Å². The molecule has 0 aromatic heterocycles. The molecule has 0 aliphatic rings. The Bertz CT molecular complexity index is 806. The highest BCUT2D eigenvalue weighted by Gasteiger charge is 2.18. The molecule has 7 heteroatoms. The van der Waals surface area contributed by atoms with E-state index in [1.54, 1.807) is 13.0 Å². The predicted octanol–water partition coefficient (Wildman–Crippen LogP) is 3.60. The van der Waals surface area contributed by atoms with Crippen LogP contribution in [-0.4, -0.2) is 13.5 Å². The molecule has 2 rings (SSSR count). The molecule has 0 atom stereocenters.